The monoisotopic (exact) mass is 340 g/mol. The summed E-state index contributed by atoms with van der Waals surface area (Å²) in [6, 6.07) is 9.93. The highest BCUT2D eigenvalue weighted by atomic mass is 19.1. The first-order chi connectivity index (χ1) is 12.0. The second-order valence-electron chi connectivity index (χ2n) is 6.19. The minimum atomic E-state index is -0.982. The molecule has 0 bridgehead atoms. The van der Waals surface area contributed by atoms with Gasteiger partial charge in [-0.25, -0.2) is 9.18 Å². The van der Waals surface area contributed by atoms with Crippen molar-refractivity contribution in [1.82, 2.24) is 4.98 Å². The molecule has 0 spiro atoms. The molecule has 1 heterocycles. The first-order valence-electron chi connectivity index (χ1n) is 8.37. The smallest absolute Gasteiger partial charge is 0.336 e. The number of carboxylic acids is 1. The van der Waals surface area contributed by atoms with Gasteiger partial charge >= 0.3 is 5.97 Å². The standard InChI is InChI=1S/C20H21FN2O2/c1-12-9-10-15(20(24)25)17-14(7-4-5-11-22)19(23-18(12)17)13-6-2-3-8-16(13)21/h2-3,6,8-10,23H,4-5,7,11,22H2,1H3,(H,24,25). The molecule has 3 aromatic rings. The molecule has 0 atom stereocenters. The summed E-state index contributed by atoms with van der Waals surface area (Å²) in [6.45, 7) is 2.49. The number of hydrogen-bond acceptors (Lipinski definition) is 2. The quantitative estimate of drug-likeness (QED) is 0.587. The van der Waals surface area contributed by atoms with Crippen molar-refractivity contribution in [2.24, 2.45) is 5.73 Å². The lowest BCUT2D eigenvalue weighted by Gasteiger charge is -2.07. The van der Waals surface area contributed by atoms with Gasteiger partial charge in [0.1, 0.15) is 5.82 Å². The van der Waals surface area contributed by atoms with E-state index in [0.29, 0.717) is 29.6 Å². The molecule has 0 saturated heterocycles. The van der Waals surface area contributed by atoms with E-state index in [2.05, 4.69) is 4.98 Å². The second kappa shape index (κ2) is 7.07. The molecule has 0 amide bonds. The van der Waals surface area contributed by atoms with Crippen LogP contribution in [0.25, 0.3) is 22.2 Å². The van der Waals surface area contributed by atoms with Crippen LogP contribution in [0.4, 0.5) is 4.39 Å². The van der Waals surface area contributed by atoms with Crippen LogP contribution in [0.5, 0.6) is 0 Å². The van der Waals surface area contributed by atoms with Crippen molar-refractivity contribution in [2.45, 2.75) is 26.2 Å². The van der Waals surface area contributed by atoms with Gasteiger partial charge in [0, 0.05) is 16.5 Å². The summed E-state index contributed by atoms with van der Waals surface area (Å²) in [5.74, 6) is -1.31. The Balaban J connectivity index is 2.30. The van der Waals surface area contributed by atoms with Crippen molar-refractivity contribution in [3.8, 4) is 11.3 Å². The van der Waals surface area contributed by atoms with E-state index in [1.807, 2.05) is 6.92 Å². The fraction of sp³-hybridized carbons (Fsp3) is 0.250. The maximum atomic E-state index is 14.4. The van der Waals surface area contributed by atoms with Crippen LogP contribution in [0, 0.1) is 12.7 Å². The Morgan fingerprint density at radius 3 is 2.64 bits per heavy atom. The lowest BCUT2D eigenvalue weighted by atomic mass is 9.96. The molecule has 25 heavy (non-hydrogen) atoms. The third kappa shape index (κ3) is 3.15. The Kier molecular flexibility index (Phi) is 4.86. The molecular weight excluding hydrogens is 319 g/mol. The SMILES string of the molecule is Cc1ccc(C(=O)O)c2c(CCCCN)c(-c3ccccc3F)[nH]c12. The molecule has 0 fully saturated rings. The van der Waals surface area contributed by atoms with E-state index in [0.717, 1.165) is 29.5 Å². The molecule has 0 saturated carbocycles. The summed E-state index contributed by atoms with van der Waals surface area (Å²) in [4.78, 5) is 15.0. The van der Waals surface area contributed by atoms with Crippen LogP contribution in [0.15, 0.2) is 36.4 Å². The number of aromatic nitrogens is 1. The highest BCUT2D eigenvalue weighted by Crippen LogP contribution is 2.36. The minimum absolute atomic E-state index is 0.238. The van der Waals surface area contributed by atoms with Crippen LogP contribution in [-0.4, -0.2) is 22.6 Å². The second-order valence-corrected chi connectivity index (χ2v) is 6.19. The van der Waals surface area contributed by atoms with E-state index in [4.69, 9.17) is 5.73 Å². The number of carboxylic acid groups (broad SMARTS) is 1. The number of carbonyl (C=O) groups is 1. The number of nitrogens with two attached hydrogens (primary N) is 1. The zero-order chi connectivity index (χ0) is 18.0. The number of rotatable bonds is 6. The van der Waals surface area contributed by atoms with Gasteiger partial charge in [-0.1, -0.05) is 18.2 Å². The molecule has 2 aromatic carbocycles. The lowest BCUT2D eigenvalue weighted by molar-refractivity contribution is 0.0699. The largest absolute Gasteiger partial charge is 0.478 e. The molecule has 4 nitrogen and oxygen atoms in total. The van der Waals surface area contributed by atoms with Crippen molar-refractivity contribution in [2.75, 3.05) is 6.54 Å². The van der Waals surface area contributed by atoms with Crippen LogP contribution in [0.1, 0.15) is 34.3 Å². The molecule has 0 radical (unpaired) electrons. The van der Waals surface area contributed by atoms with Gasteiger partial charge in [-0.3, -0.25) is 0 Å². The van der Waals surface area contributed by atoms with E-state index in [1.165, 1.54) is 6.07 Å². The summed E-state index contributed by atoms with van der Waals surface area (Å²) in [7, 11) is 0. The third-order valence-corrected chi connectivity index (χ3v) is 4.52. The fourth-order valence-corrected chi connectivity index (χ4v) is 3.27. The maximum absolute atomic E-state index is 14.4. The van der Waals surface area contributed by atoms with Crippen molar-refractivity contribution < 1.29 is 14.3 Å². The van der Waals surface area contributed by atoms with E-state index >= 15 is 0 Å². The van der Waals surface area contributed by atoms with Crippen molar-refractivity contribution in [1.29, 1.82) is 0 Å². The number of hydrogen-bond donors (Lipinski definition) is 3. The highest BCUT2D eigenvalue weighted by Gasteiger charge is 2.21. The van der Waals surface area contributed by atoms with E-state index in [-0.39, 0.29) is 11.4 Å². The number of aromatic carboxylic acids is 1. The van der Waals surface area contributed by atoms with Gasteiger partial charge < -0.3 is 15.8 Å². The van der Waals surface area contributed by atoms with Crippen LogP contribution < -0.4 is 5.73 Å². The number of aromatic amines is 1. The van der Waals surface area contributed by atoms with Crippen molar-refractivity contribution in [3.05, 3.63) is 58.9 Å². The van der Waals surface area contributed by atoms with E-state index < -0.39 is 5.97 Å². The number of fused-ring (bicyclic) bond motifs is 1. The van der Waals surface area contributed by atoms with Crippen molar-refractivity contribution in [3.63, 3.8) is 0 Å². The Morgan fingerprint density at radius 1 is 1.20 bits per heavy atom. The molecule has 0 aliphatic carbocycles. The molecule has 0 aliphatic rings. The Hall–Kier alpha value is -2.66. The number of halogens is 1. The van der Waals surface area contributed by atoms with Gasteiger partial charge in [0.2, 0.25) is 0 Å². The summed E-state index contributed by atoms with van der Waals surface area (Å²) in [5.41, 5.74) is 9.47. The number of nitrogens with one attached hydrogen (secondary N) is 1. The van der Waals surface area contributed by atoms with Crippen LogP contribution in [-0.2, 0) is 6.42 Å². The van der Waals surface area contributed by atoms with Crippen LogP contribution in [0.2, 0.25) is 0 Å². The topological polar surface area (TPSA) is 79.1 Å². The number of H-pyrrole nitrogens is 1. The maximum Gasteiger partial charge on any atom is 0.336 e. The summed E-state index contributed by atoms with van der Waals surface area (Å²) in [6.07, 6.45) is 2.29. The zero-order valence-corrected chi connectivity index (χ0v) is 14.1. The minimum Gasteiger partial charge on any atom is -0.478 e. The van der Waals surface area contributed by atoms with Crippen LogP contribution >= 0.6 is 0 Å². The third-order valence-electron chi connectivity index (χ3n) is 4.52. The van der Waals surface area contributed by atoms with Gasteiger partial charge in [0.05, 0.1) is 11.3 Å². The van der Waals surface area contributed by atoms with E-state index in [1.54, 1.807) is 30.3 Å². The molecule has 130 valence electrons. The molecular formula is C20H21FN2O2. The Bertz CT molecular complexity index is 931. The summed E-state index contributed by atoms with van der Waals surface area (Å²) < 4.78 is 14.4. The average Bonchev–Trinajstić information content (AvgIpc) is 2.96. The fourth-order valence-electron chi connectivity index (χ4n) is 3.27. The zero-order valence-electron chi connectivity index (χ0n) is 14.1. The van der Waals surface area contributed by atoms with Crippen LogP contribution in [0.3, 0.4) is 0 Å². The van der Waals surface area contributed by atoms with Gasteiger partial charge in [-0.2, -0.15) is 0 Å². The first kappa shape index (κ1) is 17.2. The average molecular weight is 340 g/mol. The van der Waals surface area contributed by atoms with Crippen molar-refractivity contribution >= 4 is 16.9 Å². The predicted molar refractivity (Wildman–Crippen MR) is 97.4 cm³/mol. The molecule has 3 rings (SSSR count). The first-order valence-corrected chi connectivity index (χ1v) is 8.37. The van der Waals surface area contributed by atoms with Gasteiger partial charge in [0.15, 0.2) is 0 Å². The Morgan fingerprint density at radius 2 is 1.96 bits per heavy atom. The van der Waals surface area contributed by atoms with Gasteiger partial charge in [-0.05, 0) is 62.1 Å². The molecule has 0 unspecified atom stereocenters. The summed E-state index contributed by atoms with van der Waals surface area (Å²) >= 11 is 0. The van der Waals surface area contributed by atoms with E-state index in [9.17, 15) is 14.3 Å². The Labute approximate surface area is 145 Å². The lowest BCUT2D eigenvalue weighted by Crippen LogP contribution is -2.01. The van der Waals surface area contributed by atoms with Gasteiger partial charge in [0.25, 0.3) is 0 Å². The van der Waals surface area contributed by atoms with Gasteiger partial charge in [-0.15, -0.1) is 0 Å². The number of benzene rings is 2. The molecule has 4 N–H and O–H groups in total. The molecule has 0 aliphatic heterocycles. The normalized spacial score (nSPS) is 11.2. The summed E-state index contributed by atoms with van der Waals surface area (Å²) in [5, 5.41) is 10.3. The number of aryl methyl sites for hydroxylation is 2. The predicted octanol–water partition coefficient (Wildman–Crippen LogP) is 4.26. The molecule has 5 heteroatoms. The number of unbranched alkanes of at least 4 members (excludes halogenated alkanes) is 1. The highest BCUT2D eigenvalue weighted by molar-refractivity contribution is 6.07. The molecule has 1 aromatic heterocycles.